The van der Waals surface area contributed by atoms with E-state index in [1.165, 1.54) is 17.6 Å². The standard InChI is InChI=1S/C24H22N8O4/c1-14-12-19(31-36-14)22-29-28-21-17-7-3-4-8-18(17)24(30-32(21)22)35-20(9-11-26-15(2)33)27-23(34)16-6-5-10-25-13-16/h3-8,10,12-13,20H,9,11H2,1-2H3,(H,26,33)(H,27,34). The van der Waals surface area contributed by atoms with Crippen LogP contribution in [0.3, 0.4) is 0 Å². The van der Waals surface area contributed by atoms with Crippen molar-refractivity contribution in [2.24, 2.45) is 0 Å². The maximum absolute atomic E-state index is 12.8. The van der Waals surface area contributed by atoms with Gasteiger partial charge in [-0.1, -0.05) is 23.4 Å². The van der Waals surface area contributed by atoms with Crippen LogP contribution < -0.4 is 15.4 Å². The van der Waals surface area contributed by atoms with Gasteiger partial charge in [0.25, 0.3) is 5.91 Å². The minimum absolute atomic E-state index is 0.186. The van der Waals surface area contributed by atoms with Crippen LogP contribution in [-0.4, -0.2) is 54.5 Å². The van der Waals surface area contributed by atoms with Crippen molar-refractivity contribution in [1.29, 1.82) is 0 Å². The Morgan fingerprint density at radius 3 is 2.69 bits per heavy atom. The van der Waals surface area contributed by atoms with Crippen LogP contribution >= 0.6 is 0 Å². The van der Waals surface area contributed by atoms with Crippen LogP contribution in [0.1, 0.15) is 29.5 Å². The van der Waals surface area contributed by atoms with Gasteiger partial charge in [0.2, 0.25) is 17.6 Å². The summed E-state index contributed by atoms with van der Waals surface area (Å²) < 4.78 is 13.0. The highest BCUT2D eigenvalue weighted by molar-refractivity contribution is 5.97. The summed E-state index contributed by atoms with van der Waals surface area (Å²) in [4.78, 5) is 28.2. The molecule has 0 bridgehead atoms. The van der Waals surface area contributed by atoms with Crippen LogP contribution in [0.5, 0.6) is 5.88 Å². The van der Waals surface area contributed by atoms with Crippen molar-refractivity contribution < 1.29 is 18.8 Å². The number of hydrogen-bond donors (Lipinski definition) is 2. The summed E-state index contributed by atoms with van der Waals surface area (Å²) in [5, 5.41) is 24.2. The van der Waals surface area contributed by atoms with Gasteiger partial charge in [-0.05, 0) is 25.1 Å². The Morgan fingerprint density at radius 2 is 1.97 bits per heavy atom. The van der Waals surface area contributed by atoms with Crippen molar-refractivity contribution in [2.75, 3.05) is 6.54 Å². The molecule has 2 amide bonds. The smallest absolute Gasteiger partial charge is 0.255 e. The zero-order valence-corrected chi connectivity index (χ0v) is 19.5. The molecule has 0 radical (unpaired) electrons. The molecule has 0 spiro atoms. The molecule has 1 atom stereocenters. The van der Waals surface area contributed by atoms with Crippen molar-refractivity contribution in [1.82, 2.24) is 40.6 Å². The minimum atomic E-state index is -0.813. The largest absolute Gasteiger partial charge is 0.452 e. The maximum atomic E-state index is 12.8. The van der Waals surface area contributed by atoms with Crippen molar-refractivity contribution >= 4 is 28.2 Å². The van der Waals surface area contributed by atoms with E-state index in [1.54, 1.807) is 31.3 Å². The fraction of sp³-hybridized carbons (Fsp3) is 0.208. The zero-order chi connectivity index (χ0) is 25.1. The number of carbonyl (C=O) groups excluding carboxylic acids is 2. The lowest BCUT2D eigenvalue weighted by Gasteiger charge is -2.21. The summed E-state index contributed by atoms with van der Waals surface area (Å²) in [6.07, 6.45) is 2.52. The van der Waals surface area contributed by atoms with Crippen LogP contribution in [0, 0.1) is 6.92 Å². The molecule has 4 aromatic heterocycles. The Morgan fingerprint density at radius 1 is 1.14 bits per heavy atom. The SMILES string of the molecule is CC(=O)NCCC(NC(=O)c1cccnc1)Oc1nn2c(-c3cc(C)on3)nnc2c2ccccc12. The average molecular weight is 486 g/mol. The number of aromatic nitrogens is 6. The molecule has 182 valence electrons. The lowest BCUT2D eigenvalue weighted by Crippen LogP contribution is -2.41. The van der Waals surface area contributed by atoms with Gasteiger partial charge in [-0.3, -0.25) is 14.6 Å². The molecular formula is C24H22N8O4. The van der Waals surface area contributed by atoms with Gasteiger partial charge >= 0.3 is 0 Å². The van der Waals surface area contributed by atoms with Gasteiger partial charge in [0.15, 0.2) is 17.6 Å². The zero-order valence-electron chi connectivity index (χ0n) is 19.5. The highest BCUT2D eigenvalue weighted by Crippen LogP contribution is 2.29. The number of nitrogens with one attached hydrogen (secondary N) is 2. The van der Waals surface area contributed by atoms with Crippen LogP contribution in [0.2, 0.25) is 0 Å². The van der Waals surface area contributed by atoms with Crippen molar-refractivity contribution in [2.45, 2.75) is 26.5 Å². The van der Waals surface area contributed by atoms with E-state index < -0.39 is 6.23 Å². The van der Waals surface area contributed by atoms with Crippen LogP contribution in [0.25, 0.3) is 27.9 Å². The third-order valence-electron chi connectivity index (χ3n) is 5.34. The Hall–Kier alpha value is -4.87. The van der Waals surface area contributed by atoms with Crippen LogP contribution in [-0.2, 0) is 4.79 Å². The van der Waals surface area contributed by atoms with Crippen molar-refractivity contribution in [3.05, 3.63) is 66.2 Å². The first-order valence-corrected chi connectivity index (χ1v) is 11.2. The van der Waals surface area contributed by atoms with E-state index in [1.807, 2.05) is 24.3 Å². The molecule has 12 nitrogen and oxygen atoms in total. The highest BCUT2D eigenvalue weighted by atomic mass is 16.5. The first kappa shape index (κ1) is 22.9. The number of ether oxygens (including phenoxy) is 1. The lowest BCUT2D eigenvalue weighted by molar-refractivity contribution is -0.119. The summed E-state index contributed by atoms with van der Waals surface area (Å²) in [7, 11) is 0. The molecule has 36 heavy (non-hydrogen) atoms. The molecule has 0 aliphatic rings. The van der Waals surface area contributed by atoms with E-state index in [4.69, 9.17) is 9.26 Å². The highest BCUT2D eigenvalue weighted by Gasteiger charge is 2.22. The Kier molecular flexibility index (Phi) is 6.22. The van der Waals surface area contributed by atoms with Crippen LogP contribution in [0.15, 0.2) is 59.4 Å². The molecule has 2 N–H and O–H groups in total. The second kappa shape index (κ2) is 9.78. The Bertz CT molecular complexity index is 1550. The molecule has 0 saturated heterocycles. The molecular weight excluding hydrogens is 464 g/mol. The summed E-state index contributed by atoms with van der Waals surface area (Å²) >= 11 is 0. The average Bonchev–Trinajstić information content (AvgIpc) is 3.50. The third kappa shape index (κ3) is 4.69. The number of nitrogens with zero attached hydrogens (tertiary/aromatic N) is 6. The van der Waals surface area contributed by atoms with Gasteiger partial charge in [-0.2, -0.15) is 4.52 Å². The van der Waals surface area contributed by atoms with E-state index in [-0.39, 0.29) is 30.7 Å². The van der Waals surface area contributed by atoms with Gasteiger partial charge in [0.05, 0.1) is 5.56 Å². The normalized spacial score (nSPS) is 11.9. The first-order valence-electron chi connectivity index (χ1n) is 11.2. The fourth-order valence-corrected chi connectivity index (χ4v) is 3.67. The van der Waals surface area contributed by atoms with Gasteiger partial charge in [0.1, 0.15) is 5.76 Å². The number of benzene rings is 1. The molecule has 0 aliphatic carbocycles. The van der Waals surface area contributed by atoms with Gasteiger partial charge in [0, 0.05) is 49.1 Å². The molecule has 4 heterocycles. The topological polar surface area (TPSA) is 149 Å². The maximum Gasteiger partial charge on any atom is 0.255 e. The summed E-state index contributed by atoms with van der Waals surface area (Å²) in [6.45, 7) is 3.48. The number of pyridine rings is 1. The van der Waals surface area contributed by atoms with Crippen molar-refractivity contribution in [3.63, 3.8) is 0 Å². The molecule has 0 saturated carbocycles. The van der Waals surface area contributed by atoms with E-state index >= 15 is 0 Å². The predicted octanol–water partition coefficient (Wildman–Crippen LogP) is 2.30. The number of fused-ring (bicyclic) bond motifs is 3. The molecule has 12 heteroatoms. The number of carbonyl (C=O) groups is 2. The molecule has 0 aliphatic heterocycles. The number of hydrogen-bond acceptors (Lipinski definition) is 9. The van der Waals surface area contributed by atoms with E-state index in [9.17, 15) is 9.59 Å². The number of amides is 2. The number of aryl methyl sites for hydroxylation is 1. The quantitative estimate of drug-likeness (QED) is 0.315. The van der Waals surface area contributed by atoms with E-state index in [0.29, 0.717) is 33.9 Å². The summed E-state index contributed by atoms with van der Waals surface area (Å²) in [5.74, 6) is 0.694. The second-order valence-corrected chi connectivity index (χ2v) is 8.03. The lowest BCUT2D eigenvalue weighted by atomic mass is 10.2. The summed E-state index contributed by atoms with van der Waals surface area (Å²) in [6, 6.07) is 12.5. The third-order valence-corrected chi connectivity index (χ3v) is 5.34. The van der Waals surface area contributed by atoms with Gasteiger partial charge < -0.3 is 19.9 Å². The Balaban J connectivity index is 1.53. The Labute approximate surface area is 204 Å². The van der Waals surface area contributed by atoms with E-state index in [2.05, 4.69) is 36.1 Å². The predicted molar refractivity (Wildman–Crippen MR) is 128 cm³/mol. The molecule has 1 aromatic carbocycles. The minimum Gasteiger partial charge on any atom is -0.452 e. The molecule has 1 unspecified atom stereocenters. The van der Waals surface area contributed by atoms with Gasteiger partial charge in [-0.15, -0.1) is 15.3 Å². The molecule has 0 fully saturated rings. The summed E-state index contributed by atoms with van der Waals surface area (Å²) in [5.41, 5.74) is 1.37. The van der Waals surface area contributed by atoms with Crippen LogP contribution in [0.4, 0.5) is 0 Å². The monoisotopic (exact) mass is 486 g/mol. The molecule has 5 rings (SSSR count). The molecule has 5 aromatic rings. The fourth-order valence-electron chi connectivity index (χ4n) is 3.67. The van der Waals surface area contributed by atoms with Crippen molar-refractivity contribution in [3.8, 4) is 17.4 Å². The van der Waals surface area contributed by atoms with E-state index in [0.717, 1.165) is 5.39 Å². The first-order chi connectivity index (χ1) is 17.5. The second-order valence-electron chi connectivity index (χ2n) is 8.03. The van der Waals surface area contributed by atoms with Gasteiger partial charge in [-0.25, -0.2) is 0 Å². The number of rotatable bonds is 8.